The van der Waals surface area contributed by atoms with E-state index < -0.39 is 42.2 Å². The minimum atomic E-state index is -5.01. The molecule has 3 rings (SSSR count). The molecule has 2 aromatic carbocycles. The summed E-state index contributed by atoms with van der Waals surface area (Å²) in [5.74, 6) is 0. The van der Waals surface area contributed by atoms with Crippen molar-refractivity contribution in [3.05, 3.63) is 63.7 Å². The molecule has 210 valence electrons. The predicted molar refractivity (Wildman–Crippen MR) is 134 cm³/mol. The van der Waals surface area contributed by atoms with Crippen LogP contribution >= 0.6 is 0 Å². The minimum absolute atomic E-state index is 0.0486. The van der Waals surface area contributed by atoms with Crippen LogP contribution in [-0.4, -0.2) is 29.2 Å². The Labute approximate surface area is 219 Å². The molecule has 1 N–H and O–H groups in total. The van der Waals surface area contributed by atoms with E-state index >= 15 is 0 Å². The molecule has 0 saturated heterocycles. The van der Waals surface area contributed by atoms with E-state index in [1.807, 2.05) is 13.0 Å². The highest BCUT2D eigenvalue weighted by Gasteiger charge is 2.37. The fourth-order valence-corrected chi connectivity index (χ4v) is 5.06. The quantitative estimate of drug-likeness (QED) is 0.305. The second-order valence-electron chi connectivity index (χ2n) is 9.87. The summed E-state index contributed by atoms with van der Waals surface area (Å²) >= 11 is 0. The monoisotopic (exact) mass is 544 g/mol. The molecule has 1 unspecified atom stereocenters. The normalized spacial score (nSPS) is 14.3. The number of benzene rings is 2. The zero-order chi connectivity index (χ0) is 28.3. The van der Waals surface area contributed by atoms with E-state index in [-0.39, 0.29) is 11.6 Å². The minimum Gasteiger partial charge on any atom is -0.465 e. The molecular formula is C28H34F6N2O2. The van der Waals surface area contributed by atoms with E-state index in [1.54, 1.807) is 6.92 Å². The lowest BCUT2D eigenvalue weighted by Gasteiger charge is -2.33. The van der Waals surface area contributed by atoms with Gasteiger partial charge in [-0.05, 0) is 85.5 Å². The van der Waals surface area contributed by atoms with Gasteiger partial charge in [0.25, 0.3) is 0 Å². The number of hydrogen-bond donors (Lipinski definition) is 1. The second kappa shape index (κ2) is 11.9. The highest BCUT2D eigenvalue weighted by atomic mass is 19.4. The molecule has 0 radical (unpaired) electrons. The van der Waals surface area contributed by atoms with Gasteiger partial charge in [-0.1, -0.05) is 26.3 Å². The number of amides is 1. The van der Waals surface area contributed by atoms with Crippen molar-refractivity contribution in [2.24, 2.45) is 0 Å². The topological polar surface area (TPSA) is 43.8 Å². The number of hydrogen-bond acceptors (Lipinski definition) is 2. The molecule has 0 spiro atoms. The average Bonchev–Trinajstić information content (AvgIpc) is 3.30. The zero-order valence-corrected chi connectivity index (χ0v) is 21.8. The first-order valence-electron chi connectivity index (χ1n) is 12.9. The summed E-state index contributed by atoms with van der Waals surface area (Å²) in [5, 5.41) is 10.1. The fraction of sp³-hybridized carbons (Fsp3) is 0.536. The van der Waals surface area contributed by atoms with Gasteiger partial charge in [0, 0.05) is 25.3 Å². The van der Waals surface area contributed by atoms with Gasteiger partial charge in [-0.2, -0.15) is 26.3 Å². The Morgan fingerprint density at radius 3 is 1.97 bits per heavy atom. The molecule has 0 heterocycles. The Kier molecular flexibility index (Phi) is 9.26. The number of anilines is 1. The molecule has 1 aliphatic rings. The summed E-state index contributed by atoms with van der Waals surface area (Å²) in [6, 6.07) is 4.48. The number of halogens is 6. The van der Waals surface area contributed by atoms with Crippen LogP contribution < -0.4 is 4.90 Å². The molecule has 0 fully saturated rings. The number of rotatable bonds is 10. The molecule has 0 saturated carbocycles. The number of carbonyl (C=O) groups is 1. The van der Waals surface area contributed by atoms with Crippen molar-refractivity contribution in [1.82, 2.24) is 4.90 Å². The van der Waals surface area contributed by atoms with Gasteiger partial charge < -0.3 is 10.0 Å². The number of aryl methyl sites for hydroxylation is 2. The van der Waals surface area contributed by atoms with Gasteiger partial charge >= 0.3 is 18.4 Å². The molecule has 1 amide bonds. The lowest BCUT2D eigenvalue weighted by atomic mass is 9.96. The highest BCUT2D eigenvalue weighted by molar-refractivity contribution is 5.68. The SMILES string of the molecule is CCCCN(CCC)c1cc2c(cc1C(C)N(Cc1cc(C(F)(F)F)cc(C(F)(F)F)c1)C(=O)O)CCC2. The van der Waals surface area contributed by atoms with Crippen molar-refractivity contribution in [3.8, 4) is 0 Å². The summed E-state index contributed by atoms with van der Waals surface area (Å²) < 4.78 is 80.4. The van der Waals surface area contributed by atoms with Crippen LogP contribution in [0.1, 0.15) is 85.9 Å². The second-order valence-corrected chi connectivity index (χ2v) is 9.87. The van der Waals surface area contributed by atoms with Gasteiger partial charge in [0.05, 0.1) is 17.2 Å². The Hall–Kier alpha value is -2.91. The predicted octanol–water partition coefficient (Wildman–Crippen LogP) is 8.47. The smallest absolute Gasteiger partial charge is 0.416 e. The van der Waals surface area contributed by atoms with Crippen molar-refractivity contribution < 1.29 is 36.2 Å². The first-order chi connectivity index (χ1) is 17.8. The van der Waals surface area contributed by atoms with Crippen molar-refractivity contribution in [2.75, 3.05) is 18.0 Å². The Balaban J connectivity index is 2.07. The van der Waals surface area contributed by atoms with Crippen LogP contribution in [0.5, 0.6) is 0 Å². The van der Waals surface area contributed by atoms with Gasteiger partial charge in [0.2, 0.25) is 0 Å². The number of alkyl halides is 6. The van der Waals surface area contributed by atoms with E-state index in [2.05, 4.69) is 17.9 Å². The standard InChI is InChI=1S/C28H34F6N2O2/c1-4-6-11-35(10-5-2)25-15-21-9-7-8-20(21)14-24(25)18(3)36(26(37)38)17-19-12-22(27(29,30)31)16-23(13-19)28(32,33)34/h12-16,18H,4-11,17H2,1-3H3,(H,37,38). The number of fused-ring (bicyclic) bond motifs is 1. The molecule has 10 heteroatoms. The van der Waals surface area contributed by atoms with Gasteiger partial charge in [-0.3, -0.25) is 4.90 Å². The van der Waals surface area contributed by atoms with Crippen LogP contribution in [0.3, 0.4) is 0 Å². The average molecular weight is 545 g/mol. The molecule has 0 bridgehead atoms. The maximum absolute atomic E-state index is 13.4. The summed E-state index contributed by atoms with van der Waals surface area (Å²) in [7, 11) is 0. The van der Waals surface area contributed by atoms with Crippen LogP contribution in [0.25, 0.3) is 0 Å². The Bertz CT molecular complexity index is 1100. The van der Waals surface area contributed by atoms with E-state index in [1.165, 1.54) is 5.56 Å². The van der Waals surface area contributed by atoms with Crippen molar-refractivity contribution in [3.63, 3.8) is 0 Å². The first kappa shape index (κ1) is 29.6. The zero-order valence-electron chi connectivity index (χ0n) is 21.8. The van der Waals surface area contributed by atoms with Crippen LogP contribution in [0.2, 0.25) is 0 Å². The van der Waals surface area contributed by atoms with Crippen LogP contribution in [0.4, 0.5) is 36.8 Å². The summed E-state index contributed by atoms with van der Waals surface area (Å²) in [4.78, 5) is 15.5. The molecule has 1 atom stereocenters. The van der Waals surface area contributed by atoms with Crippen molar-refractivity contribution in [2.45, 2.75) is 84.2 Å². The van der Waals surface area contributed by atoms with Crippen LogP contribution in [0, 0.1) is 0 Å². The summed E-state index contributed by atoms with van der Waals surface area (Å²) in [6.45, 7) is 6.64. The Morgan fingerprint density at radius 2 is 1.47 bits per heavy atom. The lowest BCUT2D eigenvalue weighted by molar-refractivity contribution is -0.143. The Morgan fingerprint density at radius 1 is 0.895 bits per heavy atom. The van der Waals surface area contributed by atoms with Crippen LogP contribution in [-0.2, 0) is 31.7 Å². The summed E-state index contributed by atoms with van der Waals surface area (Å²) in [5.41, 5.74) is 0.578. The maximum Gasteiger partial charge on any atom is 0.416 e. The molecule has 0 aromatic heterocycles. The summed E-state index contributed by atoms with van der Waals surface area (Å²) in [6.07, 6.45) is -5.96. The molecule has 2 aromatic rings. The van der Waals surface area contributed by atoms with Gasteiger partial charge in [-0.25, -0.2) is 4.79 Å². The van der Waals surface area contributed by atoms with Crippen molar-refractivity contribution >= 4 is 11.8 Å². The van der Waals surface area contributed by atoms with E-state index in [0.717, 1.165) is 67.8 Å². The molecule has 0 aliphatic heterocycles. The van der Waals surface area contributed by atoms with Crippen molar-refractivity contribution in [1.29, 1.82) is 0 Å². The van der Waals surface area contributed by atoms with Gasteiger partial charge in [-0.15, -0.1) is 0 Å². The largest absolute Gasteiger partial charge is 0.465 e. The van der Waals surface area contributed by atoms with E-state index in [4.69, 9.17) is 0 Å². The van der Waals surface area contributed by atoms with E-state index in [0.29, 0.717) is 17.7 Å². The molecule has 4 nitrogen and oxygen atoms in total. The number of carboxylic acid groups (broad SMARTS) is 1. The third kappa shape index (κ3) is 6.94. The number of nitrogens with zero attached hydrogens (tertiary/aromatic N) is 2. The lowest BCUT2D eigenvalue weighted by Crippen LogP contribution is -2.34. The first-order valence-corrected chi connectivity index (χ1v) is 12.9. The van der Waals surface area contributed by atoms with Gasteiger partial charge in [0.1, 0.15) is 0 Å². The third-order valence-electron chi connectivity index (χ3n) is 7.02. The number of unbranched alkanes of at least 4 members (excludes halogenated alkanes) is 1. The van der Waals surface area contributed by atoms with Gasteiger partial charge in [0.15, 0.2) is 0 Å². The highest BCUT2D eigenvalue weighted by Crippen LogP contribution is 2.39. The molecular weight excluding hydrogens is 510 g/mol. The third-order valence-corrected chi connectivity index (χ3v) is 7.02. The molecule has 38 heavy (non-hydrogen) atoms. The molecule has 1 aliphatic carbocycles. The van der Waals surface area contributed by atoms with E-state index in [9.17, 15) is 36.2 Å². The maximum atomic E-state index is 13.4. The van der Waals surface area contributed by atoms with Crippen LogP contribution in [0.15, 0.2) is 30.3 Å². The fourth-order valence-electron chi connectivity index (χ4n) is 5.06.